The van der Waals surface area contributed by atoms with Gasteiger partial charge in [0.2, 0.25) is 0 Å². The summed E-state index contributed by atoms with van der Waals surface area (Å²) in [4.78, 5) is 0. The topological polar surface area (TPSA) is 70.3 Å². The molecule has 0 fully saturated rings. The summed E-state index contributed by atoms with van der Waals surface area (Å²) in [5.74, 6) is 1.20. The average Bonchev–Trinajstić information content (AvgIpc) is 2.29. The first kappa shape index (κ1) is 9.80. The molecule has 3 heterocycles. The molecule has 16 heavy (non-hydrogen) atoms. The molecule has 0 spiro atoms. The molecule has 3 aliphatic rings. The van der Waals surface area contributed by atoms with Crippen molar-refractivity contribution in [2.24, 2.45) is 0 Å². The second kappa shape index (κ2) is 3.57. The summed E-state index contributed by atoms with van der Waals surface area (Å²) >= 11 is 0. The Kier molecular flexibility index (Phi) is 2.19. The SMILES string of the molecule is [O]N1CCCC2=C1NC1=C(N2)N([O])CCC1. The largest absolute Gasteiger partial charge is 0.339 e. The van der Waals surface area contributed by atoms with Gasteiger partial charge in [0.25, 0.3) is 0 Å². The van der Waals surface area contributed by atoms with Crippen LogP contribution in [0.5, 0.6) is 0 Å². The fraction of sp³-hybridized carbons (Fsp3) is 0.600. The van der Waals surface area contributed by atoms with Crippen molar-refractivity contribution >= 4 is 0 Å². The lowest BCUT2D eigenvalue weighted by Crippen LogP contribution is -2.46. The Morgan fingerprint density at radius 1 is 0.812 bits per heavy atom. The molecule has 86 valence electrons. The molecule has 0 saturated heterocycles. The van der Waals surface area contributed by atoms with E-state index in [9.17, 15) is 10.4 Å². The number of nitrogens with zero attached hydrogens (tertiary/aromatic N) is 2. The van der Waals surface area contributed by atoms with Crippen LogP contribution < -0.4 is 10.6 Å². The summed E-state index contributed by atoms with van der Waals surface area (Å²) in [5, 5.41) is 31.4. The van der Waals surface area contributed by atoms with Crippen LogP contribution in [0.25, 0.3) is 0 Å². The molecule has 0 saturated carbocycles. The molecular formula is C10H14N4O2. The van der Waals surface area contributed by atoms with E-state index < -0.39 is 0 Å². The van der Waals surface area contributed by atoms with Crippen LogP contribution in [0.1, 0.15) is 25.7 Å². The molecule has 0 aromatic rings. The Balaban J connectivity index is 1.89. The summed E-state index contributed by atoms with van der Waals surface area (Å²) in [5.41, 5.74) is 1.70. The molecule has 6 heteroatoms. The summed E-state index contributed by atoms with van der Waals surface area (Å²) in [6.07, 6.45) is 3.31. The summed E-state index contributed by atoms with van der Waals surface area (Å²) in [6.45, 7) is 1.05. The summed E-state index contributed by atoms with van der Waals surface area (Å²) in [6, 6.07) is 0. The standard InChI is InChI=1S/C10H14N4O2/c15-13-5-1-3-7-9(13)12-8-4-2-6-14(16)10(8)11-7/h11-12H,1-6H2. The zero-order valence-electron chi connectivity index (χ0n) is 8.95. The maximum absolute atomic E-state index is 11.6. The van der Waals surface area contributed by atoms with E-state index in [-0.39, 0.29) is 0 Å². The van der Waals surface area contributed by atoms with E-state index in [2.05, 4.69) is 10.6 Å². The predicted octanol–water partition coefficient (Wildman–Crippen LogP) is 0.400. The third kappa shape index (κ3) is 1.42. The van der Waals surface area contributed by atoms with Crippen LogP contribution >= 0.6 is 0 Å². The number of hydroxylamine groups is 4. The van der Waals surface area contributed by atoms with Gasteiger partial charge in [0, 0.05) is 0 Å². The van der Waals surface area contributed by atoms with Crippen molar-refractivity contribution in [3.05, 3.63) is 23.0 Å². The lowest BCUT2D eigenvalue weighted by molar-refractivity contribution is -0.148. The predicted molar refractivity (Wildman–Crippen MR) is 53.6 cm³/mol. The van der Waals surface area contributed by atoms with Gasteiger partial charge in [-0.15, -0.1) is 0 Å². The van der Waals surface area contributed by atoms with Crippen molar-refractivity contribution < 1.29 is 10.4 Å². The van der Waals surface area contributed by atoms with E-state index in [1.807, 2.05) is 0 Å². The van der Waals surface area contributed by atoms with Crippen LogP contribution in [0.4, 0.5) is 0 Å². The number of hydrogen-bond acceptors (Lipinski definition) is 4. The summed E-state index contributed by atoms with van der Waals surface area (Å²) in [7, 11) is 0. The highest BCUT2D eigenvalue weighted by Gasteiger charge is 2.30. The van der Waals surface area contributed by atoms with Gasteiger partial charge in [-0.05, 0) is 25.7 Å². The zero-order valence-corrected chi connectivity index (χ0v) is 8.95. The van der Waals surface area contributed by atoms with Crippen LogP contribution in [0.2, 0.25) is 0 Å². The van der Waals surface area contributed by atoms with Gasteiger partial charge in [-0.25, -0.2) is 10.1 Å². The van der Waals surface area contributed by atoms with E-state index in [1.165, 1.54) is 0 Å². The van der Waals surface area contributed by atoms with E-state index in [4.69, 9.17) is 0 Å². The van der Waals surface area contributed by atoms with Crippen molar-refractivity contribution in [3.8, 4) is 0 Å². The third-order valence-electron chi connectivity index (χ3n) is 3.19. The highest BCUT2D eigenvalue weighted by atomic mass is 16.5. The molecule has 0 aromatic carbocycles. The van der Waals surface area contributed by atoms with Gasteiger partial charge in [-0.2, -0.15) is 0 Å². The van der Waals surface area contributed by atoms with Crippen LogP contribution in [0.3, 0.4) is 0 Å². The molecule has 2 N–H and O–H groups in total. The van der Waals surface area contributed by atoms with Gasteiger partial charge in [0.1, 0.15) is 0 Å². The Hall–Kier alpha value is -1.40. The molecule has 3 rings (SSSR count). The fourth-order valence-corrected chi connectivity index (χ4v) is 2.37. The molecule has 6 nitrogen and oxygen atoms in total. The smallest absolute Gasteiger partial charge is 0.153 e. The van der Waals surface area contributed by atoms with Crippen LogP contribution in [-0.4, -0.2) is 23.2 Å². The van der Waals surface area contributed by atoms with Crippen molar-refractivity contribution in [1.82, 2.24) is 20.8 Å². The summed E-state index contributed by atoms with van der Waals surface area (Å²) < 4.78 is 0. The number of hydrogen-bond donors (Lipinski definition) is 2. The normalized spacial score (nSPS) is 24.9. The Morgan fingerprint density at radius 2 is 1.25 bits per heavy atom. The van der Waals surface area contributed by atoms with Crippen molar-refractivity contribution in [3.63, 3.8) is 0 Å². The highest BCUT2D eigenvalue weighted by molar-refractivity contribution is 5.29. The molecule has 0 atom stereocenters. The minimum atomic E-state index is 0.525. The molecule has 0 bridgehead atoms. The van der Waals surface area contributed by atoms with Crippen molar-refractivity contribution in [2.75, 3.05) is 13.1 Å². The second-order valence-electron chi connectivity index (χ2n) is 4.32. The highest BCUT2D eigenvalue weighted by Crippen LogP contribution is 2.28. The lowest BCUT2D eigenvalue weighted by atomic mass is 10.1. The van der Waals surface area contributed by atoms with Crippen LogP contribution in [0.15, 0.2) is 23.0 Å². The van der Waals surface area contributed by atoms with E-state index >= 15 is 0 Å². The minimum absolute atomic E-state index is 0.525. The van der Waals surface area contributed by atoms with E-state index in [0.29, 0.717) is 24.7 Å². The van der Waals surface area contributed by atoms with E-state index in [1.54, 1.807) is 0 Å². The molecule has 0 aromatic heterocycles. The Labute approximate surface area is 93.7 Å². The fourth-order valence-electron chi connectivity index (χ4n) is 2.37. The first-order valence-electron chi connectivity index (χ1n) is 5.65. The third-order valence-corrected chi connectivity index (χ3v) is 3.19. The molecule has 0 amide bonds. The van der Waals surface area contributed by atoms with Crippen LogP contribution in [0, 0.1) is 0 Å². The van der Waals surface area contributed by atoms with Gasteiger partial charge in [0.15, 0.2) is 11.6 Å². The number of allylic oxidation sites excluding steroid dienone is 2. The van der Waals surface area contributed by atoms with Gasteiger partial charge in [-0.1, -0.05) is 10.4 Å². The lowest BCUT2D eigenvalue weighted by Gasteiger charge is -2.37. The van der Waals surface area contributed by atoms with Crippen molar-refractivity contribution in [1.29, 1.82) is 0 Å². The monoisotopic (exact) mass is 222 g/mol. The van der Waals surface area contributed by atoms with Gasteiger partial charge >= 0.3 is 0 Å². The van der Waals surface area contributed by atoms with Crippen molar-refractivity contribution in [2.45, 2.75) is 25.7 Å². The molecule has 2 radical (unpaired) electrons. The zero-order chi connectivity index (χ0) is 11.1. The van der Waals surface area contributed by atoms with Gasteiger partial charge in [-0.3, -0.25) is 0 Å². The quantitative estimate of drug-likeness (QED) is 0.622. The van der Waals surface area contributed by atoms with E-state index in [0.717, 1.165) is 47.2 Å². The first-order chi connectivity index (χ1) is 7.75. The molecule has 0 aliphatic carbocycles. The maximum atomic E-state index is 11.6. The van der Waals surface area contributed by atoms with Crippen LogP contribution in [-0.2, 0) is 10.4 Å². The first-order valence-corrected chi connectivity index (χ1v) is 5.65. The Morgan fingerprint density at radius 3 is 1.69 bits per heavy atom. The van der Waals surface area contributed by atoms with Gasteiger partial charge in [0.05, 0.1) is 24.5 Å². The van der Waals surface area contributed by atoms with Gasteiger partial charge < -0.3 is 10.6 Å². The molecule has 3 aliphatic heterocycles. The molecule has 0 unspecified atom stereocenters. The number of nitrogens with one attached hydrogen (secondary N) is 2. The average molecular weight is 222 g/mol. The minimum Gasteiger partial charge on any atom is -0.339 e. The number of rotatable bonds is 0. The second-order valence-corrected chi connectivity index (χ2v) is 4.32. The molecular weight excluding hydrogens is 208 g/mol. The maximum Gasteiger partial charge on any atom is 0.153 e. The Bertz CT molecular complexity index is 341.